The minimum absolute atomic E-state index is 0.00495. The first-order valence-corrected chi connectivity index (χ1v) is 8.03. The summed E-state index contributed by atoms with van der Waals surface area (Å²) in [6, 6.07) is 14.4. The minimum Gasteiger partial charge on any atom is -0.469 e. The highest BCUT2D eigenvalue weighted by Crippen LogP contribution is 2.06. The molecule has 0 aliphatic rings. The van der Waals surface area contributed by atoms with E-state index in [4.69, 9.17) is 10.2 Å². The molecule has 0 spiro atoms. The maximum Gasteiger partial charge on any atom is 0.309 e. The fraction of sp³-hybridized carbons (Fsp3) is 0.300. The molecule has 0 amide bonds. The molecule has 0 fully saturated rings. The molecule has 6 heteroatoms. The number of methoxy groups -OCH3 is 2. The standard InChI is InChI=1S/2C10H12O3/c1-13-10(12)6-8-2-4-9(7-11)5-3-8;1-13-10(12)6-8-3-2-4-9(5-8)7-11/h2*2-5,11H,6-7H2,1H3. The lowest BCUT2D eigenvalue weighted by atomic mass is 10.1. The van der Waals surface area contributed by atoms with E-state index >= 15 is 0 Å². The van der Waals surface area contributed by atoms with Crippen LogP contribution in [0.3, 0.4) is 0 Å². The van der Waals surface area contributed by atoms with Crippen LogP contribution in [0.5, 0.6) is 0 Å². The van der Waals surface area contributed by atoms with Crippen LogP contribution in [0.25, 0.3) is 0 Å². The summed E-state index contributed by atoms with van der Waals surface area (Å²) in [5.74, 6) is -0.521. The highest BCUT2D eigenvalue weighted by Gasteiger charge is 2.03. The summed E-state index contributed by atoms with van der Waals surface area (Å²) in [5.41, 5.74) is 3.40. The monoisotopic (exact) mass is 360 g/mol. The molecule has 0 bridgehead atoms. The van der Waals surface area contributed by atoms with Gasteiger partial charge in [0.05, 0.1) is 40.3 Å². The second-order valence-electron chi connectivity index (χ2n) is 5.46. The lowest BCUT2D eigenvalue weighted by Crippen LogP contribution is -2.04. The molecular weight excluding hydrogens is 336 g/mol. The Labute approximate surface area is 153 Å². The second kappa shape index (κ2) is 11.8. The van der Waals surface area contributed by atoms with Crippen molar-refractivity contribution in [2.24, 2.45) is 0 Å². The number of rotatable bonds is 6. The molecule has 26 heavy (non-hydrogen) atoms. The highest BCUT2D eigenvalue weighted by molar-refractivity contribution is 5.72. The van der Waals surface area contributed by atoms with Gasteiger partial charge in [0.2, 0.25) is 0 Å². The predicted octanol–water partition coefficient (Wildman–Crippen LogP) is 1.79. The molecule has 0 saturated heterocycles. The number of aliphatic hydroxyl groups is 2. The quantitative estimate of drug-likeness (QED) is 0.763. The van der Waals surface area contributed by atoms with Crippen molar-refractivity contribution in [2.75, 3.05) is 14.2 Å². The molecule has 0 aromatic heterocycles. The normalized spacial score (nSPS) is 9.69. The number of ether oxygens (including phenoxy) is 2. The molecular formula is C20H24O6. The van der Waals surface area contributed by atoms with Gasteiger partial charge in [-0.15, -0.1) is 0 Å². The van der Waals surface area contributed by atoms with Crippen molar-refractivity contribution in [1.82, 2.24) is 0 Å². The van der Waals surface area contributed by atoms with E-state index in [2.05, 4.69) is 9.47 Å². The largest absolute Gasteiger partial charge is 0.469 e. The van der Waals surface area contributed by atoms with Crippen molar-refractivity contribution in [3.63, 3.8) is 0 Å². The summed E-state index contributed by atoms with van der Waals surface area (Å²) in [5, 5.41) is 17.6. The zero-order valence-electron chi connectivity index (χ0n) is 15.0. The van der Waals surface area contributed by atoms with Gasteiger partial charge in [0.25, 0.3) is 0 Å². The fourth-order valence-electron chi connectivity index (χ4n) is 2.08. The molecule has 0 aliphatic heterocycles. The first-order chi connectivity index (χ1) is 12.5. The Kier molecular flexibility index (Phi) is 9.67. The first-order valence-electron chi connectivity index (χ1n) is 8.03. The topological polar surface area (TPSA) is 93.1 Å². The molecule has 0 aliphatic carbocycles. The van der Waals surface area contributed by atoms with Crippen molar-refractivity contribution in [2.45, 2.75) is 26.1 Å². The van der Waals surface area contributed by atoms with E-state index in [1.165, 1.54) is 14.2 Å². The Morgan fingerprint density at radius 1 is 0.731 bits per heavy atom. The van der Waals surface area contributed by atoms with Gasteiger partial charge in [-0.1, -0.05) is 48.5 Å². The van der Waals surface area contributed by atoms with Crippen LogP contribution in [-0.2, 0) is 45.1 Å². The smallest absolute Gasteiger partial charge is 0.309 e. The summed E-state index contributed by atoms with van der Waals surface area (Å²) in [4.78, 5) is 21.8. The van der Waals surface area contributed by atoms with Crippen LogP contribution in [0, 0.1) is 0 Å². The molecule has 2 N–H and O–H groups in total. The number of hydrogen-bond donors (Lipinski definition) is 2. The number of aliphatic hydroxyl groups excluding tert-OH is 2. The van der Waals surface area contributed by atoms with Gasteiger partial charge in [-0.05, 0) is 22.3 Å². The number of carbonyl (C=O) groups excluding carboxylic acids is 2. The van der Waals surface area contributed by atoms with Gasteiger partial charge in [-0.25, -0.2) is 0 Å². The molecule has 0 atom stereocenters. The van der Waals surface area contributed by atoms with Gasteiger partial charge < -0.3 is 19.7 Å². The Balaban J connectivity index is 0.000000260. The first kappa shape index (κ1) is 21.3. The van der Waals surface area contributed by atoms with Crippen LogP contribution in [0.15, 0.2) is 48.5 Å². The number of hydrogen-bond acceptors (Lipinski definition) is 6. The van der Waals surface area contributed by atoms with E-state index in [0.29, 0.717) is 0 Å². The zero-order chi connectivity index (χ0) is 19.4. The van der Waals surface area contributed by atoms with Crippen LogP contribution in [0.1, 0.15) is 22.3 Å². The lowest BCUT2D eigenvalue weighted by Gasteiger charge is -2.01. The second-order valence-corrected chi connectivity index (χ2v) is 5.46. The molecule has 2 rings (SSSR count). The van der Waals surface area contributed by atoms with E-state index < -0.39 is 0 Å². The Morgan fingerprint density at radius 2 is 1.19 bits per heavy atom. The third-order valence-corrected chi connectivity index (χ3v) is 3.53. The van der Waals surface area contributed by atoms with Crippen LogP contribution in [0.2, 0.25) is 0 Å². The van der Waals surface area contributed by atoms with E-state index in [0.717, 1.165) is 22.3 Å². The summed E-state index contributed by atoms with van der Waals surface area (Å²) < 4.78 is 9.05. The van der Waals surface area contributed by atoms with Crippen LogP contribution < -0.4 is 0 Å². The molecule has 0 heterocycles. The van der Waals surface area contributed by atoms with E-state index in [9.17, 15) is 9.59 Å². The SMILES string of the molecule is COC(=O)Cc1ccc(CO)cc1.COC(=O)Cc1cccc(CO)c1. The van der Waals surface area contributed by atoms with Crippen molar-refractivity contribution in [3.8, 4) is 0 Å². The lowest BCUT2D eigenvalue weighted by molar-refractivity contribution is -0.140. The number of esters is 2. The Bertz CT molecular complexity index is 694. The molecule has 0 unspecified atom stereocenters. The molecule has 0 radical (unpaired) electrons. The molecule has 140 valence electrons. The average Bonchev–Trinajstić information content (AvgIpc) is 2.69. The molecule has 2 aromatic carbocycles. The van der Waals surface area contributed by atoms with Gasteiger partial charge >= 0.3 is 11.9 Å². The fourth-order valence-corrected chi connectivity index (χ4v) is 2.08. The van der Waals surface area contributed by atoms with Crippen molar-refractivity contribution >= 4 is 11.9 Å². The maximum absolute atomic E-state index is 10.9. The molecule has 0 saturated carbocycles. The number of benzene rings is 2. The van der Waals surface area contributed by atoms with E-state index in [1.54, 1.807) is 24.3 Å². The van der Waals surface area contributed by atoms with E-state index in [-0.39, 0.29) is 38.0 Å². The third kappa shape index (κ3) is 7.92. The van der Waals surface area contributed by atoms with Crippen molar-refractivity contribution in [1.29, 1.82) is 0 Å². The average molecular weight is 360 g/mol. The summed E-state index contributed by atoms with van der Waals surface area (Å²) in [6.07, 6.45) is 0.534. The van der Waals surface area contributed by atoms with Crippen molar-refractivity contribution in [3.05, 3.63) is 70.8 Å². The maximum atomic E-state index is 10.9. The minimum atomic E-state index is -0.268. The van der Waals surface area contributed by atoms with Gasteiger partial charge in [-0.2, -0.15) is 0 Å². The molecule has 2 aromatic rings. The highest BCUT2D eigenvalue weighted by atomic mass is 16.5. The third-order valence-electron chi connectivity index (χ3n) is 3.53. The van der Waals surface area contributed by atoms with Crippen LogP contribution in [0.4, 0.5) is 0 Å². The summed E-state index contributed by atoms with van der Waals surface area (Å²) >= 11 is 0. The van der Waals surface area contributed by atoms with Gasteiger partial charge in [-0.3, -0.25) is 9.59 Å². The van der Waals surface area contributed by atoms with Gasteiger partial charge in [0.1, 0.15) is 0 Å². The Hall–Kier alpha value is -2.70. The van der Waals surface area contributed by atoms with Gasteiger partial charge in [0.15, 0.2) is 0 Å². The number of carbonyl (C=O) groups is 2. The van der Waals surface area contributed by atoms with Gasteiger partial charge in [0, 0.05) is 0 Å². The Morgan fingerprint density at radius 3 is 1.69 bits per heavy atom. The predicted molar refractivity (Wildman–Crippen MR) is 96.2 cm³/mol. The zero-order valence-corrected chi connectivity index (χ0v) is 15.0. The van der Waals surface area contributed by atoms with Crippen LogP contribution >= 0.6 is 0 Å². The molecule has 6 nitrogen and oxygen atoms in total. The van der Waals surface area contributed by atoms with Crippen molar-refractivity contribution < 1.29 is 29.3 Å². The summed E-state index contributed by atoms with van der Waals surface area (Å²) in [7, 11) is 2.72. The van der Waals surface area contributed by atoms with E-state index in [1.807, 2.05) is 24.3 Å². The summed E-state index contributed by atoms with van der Waals surface area (Å²) in [6.45, 7) is 0.0213. The van der Waals surface area contributed by atoms with Crippen LogP contribution in [-0.4, -0.2) is 36.4 Å².